The number of benzene rings is 2. The van der Waals surface area contributed by atoms with Gasteiger partial charge in [-0.15, -0.1) is 5.10 Å². The van der Waals surface area contributed by atoms with Crippen molar-refractivity contribution in [1.82, 2.24) is 24.4 Å². The number of aliphatic hydroxyl groups excluding tert-OH is 1. The van der Waals surface area contributed by atoms with Gasteiger partial charge in [-0.2, -0.15) is 4.98 Å². The third-order valence-electron chi connectivity index (χ3n) is 6.79. The summed E-state index contributed by atoms with van der Waals surface area (Å²) in [6.07, 6.45) is 1.35. The molecule has 9 heteroatoms. The lowest BCUT2D eigenvalue weighted by Gasteiger charge is -2.35. The second-order valence-electron chi connectivity index (χ2n) is 9.51. The molecule has 0 aliphatic carbocycles. The van der Waals surface area contributed by atoms with E-state index in [1.165, 1.54) is 0 Å². The number of fused-ring (bicyclic) bond motifs is 1. The molecule has 2 aromatic heterocycles. The Kier molecular flexibility index (Phi) is 5.86. The summed E-state index contributed by atoms with van der Waals surface area (Å²) in [6.45, 7) is 2.84. The summed E-state index contributed by atoms with van der Waals surface area (Å²) in [5.74, 6) is 0.374. The highest BCUT2D eigenvalue weighted by Crippen LogP contribution is 2.26. The lowest BCUT2D eigenvalue weighted by atomic mass is 10.0. The average molecular weight is 487 g/mol. The van der Waals surface area contributed by atoms with E-state index in [0.29, 0.717) is 37.6 Å². The van der Waals surface area contributed by atoms with Gasteiger partial charge in [-0.3, -0.25) is 9.69 Å². The Morgan fingerprint density at radius 2 is 1.83 bits per heavy atom. The zero-order valence-corrected chi connectivity index (χ0v) is 19.7. The maximum absolute atomic E-state index is 13.5. The standard InChI is InChI=1S/C27H27FN6O2/c28-21-11-13-32(15-21)14-18-3-5-19(6-4-18)24-2-1-12-34-25(24)30-27(31-34)29-22-9-7-20(8-10-22)26(36)33-16-23(35)17-33/h1-10,12,21,23,35H,11,13-17H2,(H,29,31)/t21-/m1/s1. The minimum Gasteiger partial charge on any atom is -0.389 e. The first-order valence-electron chi connectivity index (χ1n) is 12.2. The van der Waals surface area contributed by atoms with Crippen molar-refractivity contribution in [2.24, 2.45) is 0 Å². The number of nitrogens with one attached hydrogen (secondary N) is 1. The molecule has 36 heavy (non-hydrogen) atoms. The number of amides is 1. The van der Waals surface area contributed by atoms with Crippen LogP contribution in [0.5, 0.6) is 0 Å². The van der Waals surface area contributed by atoms with Crippen LogP contribution in [-0.4, -0.2) is 73.9 Å². The number of nitrogens with zero attached hydrogens (tertiary/aromatic N) is 5. The van der Waals surface area contributed by atoms with Gasteiger partial charge in [0.1, 0.15) is 6.17 Å². The van der Waals surface area contributed by atoms with Crippen molar-refractivity contribution in [2.45, 2.75) is 25.2 Å². The maximum Gasteiger partial charge on any atom is 0.254 e. The number of carbonyl (C=O) groups excluding carboxylic acids is 1. The van der Waals surface area contributed by atoms with Crippen molar-refractivity contribution in [3.63, 3.8) is 0 Å². The lowest BCUT2D eigenvalue weighted by molar-refractivity contribution is 0.00590. The van der Waals surface area contributed by atoms with Gasteiger partial charge in [-0.05, 0) is 53.9 Å². The molecule has 2 fully saturated rings. The van der Waals surface area contributed by atoms with Crippen molar-refractivity contribution >= 4 is 23.2 Å². The fourth-order valence-electron chi connectivity index (χ4n) is 4.79. The number of hydrogen-bond donors (Lipinski definition) is 2. The first-order valence-corrected chi connectivity index (χ1v) is 12.2. The number of aromatic nitrogens is 3. The van der Waals surface area contributed by atoms with Gasteiger partial charge in [0.2, 0.25) is 5.95 Å². The Bertz CT molecular complexity index is 1380. The molecule has 4 aromatic rings. The van der Waals surface area contributed by atoms with Crippen molar-refractivity contribution in [3.05, 3.63) is 78.0 Å². The molecule has 2 aliphatic rings. The SMILES string of the molecule is O=C(c1ccc(Nc2nc3c(-c4ccc(CN5CC[C@@H](F)C5)cc4)cccn3n2)cc1)N1CC(O)C1. The number of likely N-dealkylation sites (tertiary alicyclic amines) is 2. The summed E-state index contributed by atoms with van der Waals surface area (Å²) in [4.78, 5) is 20.9. The molecule has 1 amide bonds. The van der Waals surface area contributed by atoms with Crippen LogP contribution >= 0.6 is 0 Å². The summed E-state index contributed by atoms with van der Waals surface area (Å²) in [6, 6.07) is 19.4. The molecular formula is C27H27FN6O2. The van der Waals surface area contributed by atoms with E-state index in [4.69, 9.17) is 4.98 Å². The predicted molar refractivity (Wildman–Crippen MR) is 135 cm³/mol. The highest BCUT2D eigenvalue weighted by atomic mass is 19.1. The number of carbonyl (C=O) groups is 1. The van der Waals surface area contributed by atoms with Gasteiger partial charge in [0.15, 0.2) is 5.65 Å². The molecular weight excluding hydrogens is 459 g/mol. The molecule has 0 spiro atoms. The van der Waals surface area contributed by atoms with Gasteiger partial charge in [-0.25, -0.2) is 8.91 Å². The van der Waals surface area contributed by atoms with Crippen molar-refractivity contribution < 1.29 is 14.3 Å². The zero-order chi connectivity index (χ0) is 24.6. The van der Waals surface area contributed by atoms with E-state index >= 15 is 0 Å². The number of halogens is 1. The van der Waals surface area contributed by atoms with E-state index in [1.54, 1.807) is 21.5 Å². The fourth-order valence-corrected chi connectivity index (χ4v) is 4.79. The van der Waals surface area contributed by atoms with Crippen LogP contribution in [0.1, 0.15) is 22.3 Å². The first kappa shape index (κ1) is 22.6. The normalized spacial score (nSPS) is 18.5. The second-order valence-corrected chi connectivity index (χ2v) is 9.51. The average Bonchev–Trinajstić information content (AvgIpc) is 3.47. The van der Waals surface area contributed by atoms with Crippen LogP contribution < -0.4 is 5.32 Å². The van der Waals surface area contributed by atoms with E-state index in [9.17, 15) is 14.3 Å². The molecule has 0 bridgehead atoms. The monoisotopic (exact) mass is 486 g/mol. The van der Waals surface area contributed by atoms with Gasteiger partial charge >= 0.3 is 0 Å². The predicted octanol–water partition coefficient (Wildman–Crippen LogP) is 3.50. The molecule has 2 saturated heterocycles. The largest absolute Gasteiger partial charge is 0.389 e. The van der Waals surface area contributed by atoms with Crippen LogP contribution in [-0.2, 0) is 6.54 Å². The summed E-state index contributed by atoms with van der Waals surface area (Å²) in [5, 5.41) is 17.2. The molecule has 1 atom stereocenters. The van der Waals surface area contributed by atoms with Gasteiger partial charge < -0.3 is 15.3 Å². The summed E-state index contributed by atoms with van der Waals surface area (Å²) >= 11 is 0. The van der Waals surface area contributed by atoms with E-state index in [2.05, 4.69) is 39.6 Å². The molecule has 0 unspecified atom stereocenters. The molecule has 0 radical (unpaired) electrons. The third-order valence-corrected chi connectivity index (χ3v) is 6.79. The minimum atomic E-state index is -0.710. The Hall–Kier alpha value is -3.82. The van der Waals surface area contributed by atoms with E-state index in [1.807, 2.05) is 30.5 Å². The summed E-state index contributed by atoms with van der Waals surface area (Å²) < 4.78 is 15.2. The Morgan fingerprint density at radius 1 is 1.06 bits per heavy atom. The first-order chi connectivity index (χ1) is 17.5. The second kappa shape index (κ2) is 9.33. The molecule has 4 heterocycles. The molecule has 2 aliphatic heterocycles. The van der Waals surface area contributed by atoms with E-state index in [0.717, 1.165) is 41.1 Å². The van der Waals surface area contributed by atoms with Crippen LogP contribution in [0, 0.1) is 0 Å². The van der Waals surface area contributed by atoms with Gasteiger partial charge in [0.25, 0.3) is 5.91 Å². The Labute approximate surface area is 208 Å². The topological polar surface area (TPSA) is 86.0 Å². The van der Waals surface area contributed by atoms with Crippen LogP contribution in [0.4, 0.5) is 16.0 Å². The van der Waals surface area contributed by atoms with Crippen molar-refractivity contribution in [3.8, 4) is 11.1 Å². The van der Waals surface area contributed by atoms with Crippen LogP contribution in [0.15, 0.2) is 66.9 Å². The third kappa shape index (κ3) is 4.55. The quantitative estimate of drug-likeness (QED) is 0.434. The van der Waals surface area contributed by atoms with Crippen LogP contribution in [0.25, 0.3) is 16.8 Å². The number of rotatable bonds is 6. The molecule has 0 saturated carbocycles. The Balaban J connectivity index is 1.17. The van der Waals surface area contributed by atoms with Gasteiger partial charge in [0.05, 0.1) is 6.10 Å². The number of hydrogen-bond acceptors (Lipinski definition) is 6. The number of aliphatic hydroxyl groups is 1. The van der Waals surface area contributed by atoms with Crippen molar-refractivity contribution in [1.29, 1.82) is 0 Å². The number of β-amino-alcohol motifs (C(OH)–C–C–N with tert-alkyl or cyclic N) is 1. The van der Waals surface area contributed by atoms with Gasteiger partial charge in [0, 0.05) is 55.7 Å². The summed E-state index contributed by atoms with van der Waals surface area (Å²) in [5.41, 5.74) is 5.25. The Morgan fingerprint density at radius 3 is 2.53 bits per heavy atom. The van der Waals surface area contributed by atoms with E-state index in [-0.39, 0.29) is 5.91 Å². The highest BCUT2D eigenvalue weighted by molar-refractivity contribution is 5.95. The number of anilines is 2. The number of pyridine rings is 1. The van der Waals surface area contributed by atoms with Crippen molar-refractivity contribution in [2.75, 3.05) is 31.5 Å². The molecule has 184 valence electrons. The molecule has 8 nitrogen and oxygen atoms in total. The van der Waals surface area contributed by atoms with Crippen LogP contribution in [0.3, 0.4) is 0 Å². The number of alkyl halides is 1. The van der Waals surface area contributed by atoms with E-state index < -0.39 is 12.3 Å². The van der Waals surface area contributed by atoms with Gasteiger partial charge in [-0.1, -0.05) is 24.3 Å². The lowest BCUT2D eigenvalue weighted by Crippen LogP contribution is -2.53. The smallest absolute Gasteiger partial charge is 0.254 e. The minimum absolute atomic E-state index is 0.0830. The summed E-state index contributed by atoms with van der Waals surface area (Å²) in [7, 11) is 0. The fraction of sp³-hybridized carbons (Fsp3) is 0.296. The maximum atomic E-state index is 13.5. The highest BCUT2D eigenvalue weighted by Gasteiger charge is 2.29. The molecule has 2 N–H and O–H groups in total. The molecule has 2 aromatic carbocycles. The molecule has 6 rings (SSSR count). The van der Waals surface area contributed by atoms with Crippen LogP contribution in [0.2, 0.25) is 0 Å². The zero-order valence-electron chi connectivity index (χ0n) is 19.7.